The molecule has 0 aliphatic carbocycles. The molecule has 0 atom stereocenters. The van der Waals surface area contributed by atoms with Crippen molar-refractivity contribution in [1.29, 1.82) is 0 Å². The van der Waals surface area contributed by atoms with Crippen molar-refractivity contribution in [2.75, 3.05) is 0 Å². The fourth-order valence-electron chi connectivity index (χ4n) is 0.607. The standard InChI is InChI=1S/C6H4BrF3N2/c7-3-4-1-2-11-5(12-4)6(8,9)10/h1-2H,3H2. The summed E-state index contributed by atoms with van der Waals surface area (Å²) in [6.07, 6.45) is -3.37. The van der Waals surface area contributed by atoms with Gasteiger partial charge in [0.05, 0.1) is 5.69 Å². The molecule has 1 rings (SSSR count). The SMILES string of the molecule is FC(F)(F)c1nccc(CBr)n1. The van der Waals surface area contributed by atoms with Gasteiger partial charge in [-0.15, -0.1) is 0 Å². The molecule has 0 radical (unpaired) electrons. The van der Waals surface area contributed by atoms with Crippen molar-refractivity contribution < 1.29 is 13.2 Å². The summed E-state index contributed by atoms with van der Waals surface area (Å²) in [5, 5.41) is 0.290. The minimum atomic E-state index is -4.46. The molecule has 1 aromatic rings. The number of alkyl halides is 4. The van der Waals surface area contributed by atoms with Gasteiger partial charge in [-0.1, -0.05) is 15.9 Å². The molecule has 0 aromatic carbocycles. The van der Waals surface area contributed by atoms with Crippen LogP contribution in [-0.2, 0) is 11.5 Å². The van der Waals surface area contributed by atoms with Gasteiger partial charge in [0.25, 0.3) is 0 Å². The van der Waals surface area contributed by atoms with E-state index >= 15 is 0 Å². The van der Waals surface area contributed by atoms with Gasteiger partial charge in [-0.05, 0) is 6.07 Å². The largest absolute Gasteiger partial charge is 0.451 e. The van der Waals surface area contributed by atoms with E-state index in [2.05, 4.69) is 25.9 Å². The quantitative estimate of drug-likeness (QED) is 0.705. The summed E-state index contributed by atoms with van der Waals surface area (Å²) in [4.78, 5) is 6.38. The Morgan fingerprint density at radius 2 is 2.08 bits per heavy atom. The number of hydrogen-bond donors (Lipinski definition) is 0. The lowest BCUT2D eigenvalue weighted by molar-refractivity contribution is -0.145. The zero-order valence-corrected chi connectivity index (χ0v) is 7.35. The van der Waals surface area contributed by atoms with Crippen molar-refractivity contribution >= 4 is 15.9 Å². The summed E-state index contributed by atoms with van der Waals surface area (Å²) in [5.74, 6) is -1.10. The predicted molar refractivity (Wildman–Crippen MR) is 39.7 cm³/mol. The normalized spacial score (nSPS) is 11.7. The smallest absolute Gasteiger partial charge is 0.233 e. The molecular weight excluding hydrogens is 237 g/mol. The van der Waals surface area contributed by atoms with Crippen molar-refractivity contribution in [2.24, 2.45) is 0 Å². The molecule has 0 aliphatic heterocycles. The molecule has 6 heteroatoms. The minimum Gasteiger partial charge on any atom is -0.233 e. The Hall–Kier alpha value is -0.650. The number of rotatable bonds is 1. The Balaban J connectivity index is 3.02. The lowest BCUT2D eigenvalue weighted by Crippen LogP contribution is -2.11. The van der Waals surface area contributed by atoms with Gasteiger partial charge in [0.2, 0.25) is 5.82 Å². The highest BCUT2D eigenvalue weighted by molar-refractivity contribution is 9.08. The van der Waals surface area contributed by atoms with Crippen LogP contribution < -0.4 is 0 Å². The summed E-state index contributed by atoms with van der Waals surface area (Å²) in [7, 11) is 0. The van der Waals surface area contributed by atoms with E-state index in [1.165, 1.54) is 6.07 Å². The minimum absolute atomic E-state index is 0.290. The molecule has 0 saturated heterocycles. The second-order valence-corrected chi connectivity index (χ2v) is 2.56. The average Bonchev–Trinajstić information content (AvgIpc) is 2.03. The van der Waals surface area contributed by atoms with Crippen LogP contribution in [0.5, 0.6) is 0 Å². The third kappa shape index (κ3) is 2.17. The lowest BCUT2D eigenvalue weighted by atomic mass is 10.4. The van der Waals surface area contributed by atoms with Crippen molar-refractivity contribution in [2.45, 2.75) is 11.5 Å². The molecule has 2 nitrogen and oxygen atoms in total. The van der Waals surface area contributed by atoms with Crippen molar-refractivity contribution in [3.63, 3.8) is 0 Å². The van der Waals surface area contributed by atoms with Crippen LogP contribution in [0.4, 0.5) is 13.2 Å². The van der Waals surface area contributed by atoms with E-state index in [0.717, 1.165) is 6.20 Å². The summed E-state index contributed by atoms with van der Waals surface area (Å²) in [6.45, 7) is 0. The van der Waals surface area contributed by atoms with Crippen LogP contribution in [0.1, 0.15) is 11.5 Å². The molecule has 0 N–H and O–H groups in total. The topological polar surface area (TPSA) is 25.8 Å². The van der Waals surface area contributed by atoms with E-state index in [4.69, 9.17) is 0 Å². The van der Waals surface area contributed by atoms with E-state index in [-0.39, 0.29) is 0 Å². The molecule has 0 fully saturated rings. The van der Waals surface area contributed by atoms with Crippen LogP contribution in [0.2, 0.25) is 0 Å². The fourth-order valence-corrected chi connectivity index (χ4v) is 0.919. The van der Waals surface area contributed by atoms with Gasteiger partial charge in [-0.25, -0.2) is 9.97 Å². The van der Waals surface area contributed by atoms with Crippen molar-refractivity contribution in [3.8, 4) is 0 Å². The second-order valence-electron chi connectivity index (χ2n) is 2.00. The third-order valence-electron chi connectivity index (χ3n) is 1.10. The van der Waals surface area contributed by atoms with E-state index in [1.54, 1.807) is 0 Å². The van der Waals surface area contributed by atoms with E-state index in [0.29, 0.717) is 11.0 Å². The Morgan fingerprint density at radius 1 is 1.42 bits per heavy atom. The van der Waals surface area contributed by atoms with Crippen LogP contribution in [-0.4, -0.2) is 9.97 Å². The molecule has 66 valence electrons. The summed E-state index contributed by atoms with van der Waals surface area (Å²) in [6, 6.07) is 1.42. The molecule has 0 spiro atoms. The lowest BCUT2D eigenvalue weighted by Gasteiger charge is -2.04. The average molecular weight is 241 g/mol. The first-order chi connectivity index (χ1) is 5.54. The fraction of sp³-hybridized carbons (Fsp3) is 0.333. The zero-order valence-electron chi connectivity index (χ0n) is 5.77. The highest BCUT2D eigenvalue weighted by atomic mass is 79.9. The highest BCUT2D eigenvalue weighted by Crippen LogP contribution is 2.25. The maximum absolute atomic E-state index is 12.0. The van der Waals surface area contributed by atoms with Gasteiger partial charge < -0.3 is 0 Å². The van der Waals surface area contributed by atoms with E-state index < -0.39 is 12.0 Å². The molecule has 0 amide bonds. The molecule has 0 unspecified atom stereocenters. The summed E-state index contributed by atoms with van der Waals surface area (Å²) < 4.78 is 35.9. The van der Waals surface area contributed by atoms with Gasteiger partial charge in [-0.3, -0.25) is 0 Å². The van der Waals surface area contributed by atoms with E-state index in [1.807, 2.05) is 0 Å². The first-order valence-corrected chi connectivity index (χ1v) is 4.11. The van der Waals surface area contributed by atoms with Gasteiger partial charge in [0.15, 0.2) is 0 Å². The van der Waals surface area contributed by atoms with Crippen molar-refractivity contribution in [1.82, 2.24) is 9.97 Å². The molecule has 0 bridgehead atoms. The predicted octanol–water partition coefficient (Wildman–Crippen LogP) is 2.39. The molecule has 12 heavy (non-hydrogen) atoms. The zero-order chi connectivity index (χ0) is 9.19. The van der Waals surface area contributed by atoms with Crippen LogP contribution in [0.3, 0.4) is 0 Å². The Labute approximate surface area is 75.0 Å². The molecule has 1 heterocycles. The van der Waals surface area contributed by atoms with Crippen LogP contribution in [0.25, 0.3) is 0 Å². The summed E-state index contributed by atoms with van der Waals surface area (Å²) >= 11 is 3.00. The number of hydrogen-bond acceptors (Lipinski definition) is 2. The maximum Gasteiger partial charge on any atom is 0.451 e. The van der Waals surface area contributed by atoms with Gasteiger partial charge in [0, 0.05) is 11.5 Å². The first kappa shape index (κ1) is 9.44. The number of aromatic nitrogens is 2. The van der Waals surface area contributed by atoms with E-state index in [9.17, 15) is 13.2 Å². The Bertz CT molecular complexity index is 274. The molecule has 0 aliphatic rings. The first-order valence-electron chi connectivity index (χ1n) is 2.99. The summed E-state index contributed by atoms with van der Waals surface area (Å²) in [5.41, 5.74) is 0.317. The van der Waals surface area contributed by atoms with Gasteiger partial charge in [0.1, 0.15) is 0 Å². The van der Waals surface area contributed by atoms with Crippen LogP contribution in [0.15, 0.2) is 12.3 Å². The third-order valence-corrected chi connectivity index (χ3v) is 1.68. The van der Waals surface area contributed by atoms with Crippen molar-refractivity contribution in [3.05, 3.63) is 23.8 Å². The monoisotopic (exact) mass is 240 g/mol. The second kappa shape index (κ2) is 3.38. The van der Waals surface area contributed by atoms with Crippen LogP contribution in [0, 0.1) is 0 Å². The Morgan fingerprint density at radius 3 is 2.58 bits per heavy atom. The number of halogens is 4. The molecular formula is C6H4BrF3N2. The maximum atomic E-state index is 12.0. The highest BCUT2D eigenvalue weighted by Gasteiger charge is 2.34. The number of nitrogens with zero attached hydrogens (tertiary/aromatic N) is 2. The molecule has 1 aromatic heterocycles. The molecule has 0 saturated carbocycles. The Kier molecular flexibility index (Phi) is 2.66. The van der Waals surface area contributed by atoms with Crippen LogP contribution >= 0.6 is 15.9 Å². The van der Waals surface area contributed by atoms with Gasteiger partial charge >= 0.3 is 6.18 Å². The van der Waals surface area contributed by atoms with Gasteiger partial charge in [-0.2, -0.15) is 13.2 Å².